The fraction of sp³-hybridized carbons (Fsp3) is 0.350. The summed E-state index contributed by atoms with van der Waals surface area (Å²) in [5, 5.41) is 13.0. The van der Waals surface area contributed by atoms with Crippen molar-refractivity contribution in [3.8, 4) is 17.2 Å². The molecule has 0 amide bonds. The van der Waals surface area contributed by atoms with Gasteiger partial charge in [0.15, 0.2) is 11.5 Å². The van der Waals surface area contributed by atoms with Crippen LogP contribution in [-0.2, 0) is 0 Å². The Morgan fingerprint density at radius 1 is 0.880 bits per heavy atom. The topological polar surface area (TPSA) is 60.3 Å². The standard InChI is InChI=1S/C20H25NO4/c1-4-12-24-18-11-8-16(14-19(18)25-13-5-2)20(21-22)15-6-9-17(23-3)10-7-15/h6-11,14,22H,4-5,12-13H2,1-3H3/b21-20-. The van der Waals surface area contributed by atoms with Gasteiger partial charge in [-0.25, -0.2) is 0 Å². The van der Waals surface area contributed by atoms with Crippen LogP contribution in [0, 0.1) is 0 Å². The molecule has 0 spiro atoms. The van der Waals surface area contributed by atoms with Gasteiger partial charge in [0.2, 0.25) is 0 Å². The smallest absolute Gasteiger partial charge is 0.161 e. The van der Waals surface area contributed by atoms with E-state index in [0.29, 0.717) is 30.4 Å². The third-order valence-electron chi connectivity index (χ3n) is 3.60. The summed E-state index contributed by atoms with van der Waals surface area (Å²) < 4.78 is 16.7. The molecule has 0 aliphatic heterocycles. The summed E-state index contributed by atoms with van der Waals surface area (Å²) in [5.41, 5.74) is 2.00. The summed E-state index contributed by atoms with van der Waals surface area (Å²) in [5.74, 6) is 2.10. The van der Waals surface area contributed by atoms with E-state index < -0.39 is 0 Å². The van der Waals surface area contributed by atoms with Gasteiger partial charge in [-0.1, -0.05) is 19.0 Å². The van der Waals surface area contributed by atoms with Crippen molar-refractivity contribution in [2.24, 2.45) is 5.16 Å². The zero-order valence-electron chi connectivity index (χ0n) is 15.0. The Hall–Kier alpha value is -2.69. The molecule has 0 saturated heterocycles. The highest BCUT2D eigenvalue weighted by Crippen LogP contribution is 2.30. The zero-order chi connectivity index (χ0) is 18.1. The Bertz CT molecular complexity index is 695. The average molecular weight is 343 g/mol. The van der Waals surface area contributed by atoms with Gasteiger partial charge in [0.1, 0.15) is 11.5 Å². The van der Waals surface area contributed by atoms with E-state index in [2.05, 4.69) is 12.1 Å². The molecule has 2 aromatic carbocycles. The summed E-state index contributed by atoms with van der Waals surface area (Å²) in [4.78, 5) is 0. The predicted octanol–water partition coefficient (Wildman–Crippen LogP) is 4.50. The lowest BCUT2D eigenvalue weighted by molar-refractivity contribution is 0.268. The molecule has 0 aliphatic rings. The second-order valence-electron chi connectivity index (χ2n) is 5.54. The maximum atomic E-state index is 9.52. The van der Waals surface area contributed by atoms with Gasteiger partial charge in [0.05, 0.1) is 20.3 Å². The largest absolute Gasteiger partial charge is 0.497 e. The number of ether oxygens (including phenoxy) is 3. The van der Waals surface area contributed by atoms with E-state index in [9.17, 15) is 5.21 Å². The van der Waals surface area contributed by atoms with Gasteiger partial charge in [-0.05, 0) is 55.3 Å². The molecular weight excluding hydrogens is 318 g/mol. The summed E-state index contributed by atoms with van der Waals surface area (Å²) in [7, 11) is 1.61. The van der Waals surface area contributed by atoms with Gasteiger partial charge in [0, 0.05) is 11.1 Å². The highest BCUT2D eigenvalue weighted by atomic mass is 16.5. The lowest BCUT2D eigenvalue weighted by Crippen LogP contribution is -2.06. The molecule has 0 bridgehead atoms. The van der Waals surface area contributed by atoms with Gasteiger partial charge in [0.25, 0.3) is 0 Å². The van der Waals surface area contributed by atoms with Crippen LogP contribution in [0.5, 0.6) is 17.2 Å². The monoisotopic (exact) mass is 343 g/mol. The molecule has 134 valence electrons. The Labute approximate surface area is 148 Å². The molecule has 0 aliphatic carbocycles. The molecule has 0 fully saturated rings. The Kier molecular flexibility index (Phi) is 7.14. The second-order valence-corrected chi connectivity index (χ2v) is 5.54. The molecule has 0 heterocycles. The molecule has 2 aromatic rings. The number of nitrogens with zero attached hydrogens (tertiary/aromatic N) is 1. The highest BCUT2D eigenvalue weighted by molar-refractivity contribution is 6.12. The average Bonchev–Trinajstić information content (AvgIpc) is 2.66. The first-order valence-corrected chi connectivity index (χ1v) is 8.50. The summed E-state index contributed by atoms with van der Waals surface area (Å²) in [6.07, 6.45) is 1.82. The van der Waals surface area contributed by atoms with Crippen LogP contribution in [0.4, 0.5) is 0 Å². The normalized spacial score (nSPS) is 11.2. The SMILES string of the molecule is CCCOc1ccc(/C(=N\O)c2ccc(OC)cc2)cc1OCCC. The van der Waals surface area contributed by atoms with E-state index in [4.69, 9.17) is 14.2 Å². The van der Waals surface area contributed by atoms with Crippen molar-refractivity contribution in [1.82, 2.24) is 0 Å². The Morgan fingerprint density at radius 2 is 1.48 bits per heavy atom. The van der Waals surface area contributed by atoms with Gasteiger partial charge >= 0.3 is 0 Å². The molecule has 0 radical (unpaired) electrons. The van der Waals surface area contributed by atoms with Crippen LogP contribution in [0.1, 0.15) is 37.8 Å². The number of methoxy groups -OCH3 is 1. The summed E-state index contributed by atoms with van der Waals surface area (Å²) in [6.45, 7) is 5.33. The number of rotatable bonds is 9. The first kappa shape index (κ1) is 18.6. The Morgan fingerprint density at radius 3 is 2.04 bits per heavy atom. The first-order valence-electron chi connectivity index (χ1n) is 8.50. The molecule has 5 nitrogen and oxygen atoms in total. The zero-order valence-corrected chi connectivity index (χ0v) is 15.0. The second kappa shape index (κ2) is 9.57. The number of benzene rings is 2. The predicted molar refractivity (Wildman–Crippen MR) is 98.4 cm³/mol. The van der Waals surface area contributed by atoms with Crippen LogP contribution in [0.3, 0.4) is 0 Å². The van der Waals surface area contributed by atoms with E-state index >= 15 is 0 Å². The van der Waals surface area contributed by atoms with Crippen molar-refractivity contribution in [3.05, 3.63) is 53.6 Å². The molecular formula is C20H25NO4. The van der Waals surface area contributed by atoms with Crippen molar-refractivity contribution in [2.75, 3.05) is 20.3 Å². The van der Waals surface area contributed by atoms with Crippen LogP contribution in [0.25, 0.3) is 0 Å². The maximum absolute atomic E-state index is 9.52. The van der Waals surface area contributed by atoms with E-state index in [1.54, 1.807) is 7.11 Å². The van der Waals surface area contributed by atoms with Gasteiger partial charge < -0.3 is 19.4 Å². The first-order chi connectivity index (χ1) is 12.2. The minimum atomic E-state index is 0.464. The van der Waals surface area contributed by atoms with Crippen LogP contribution < -0.4 is 14.2 Å². The van der Waals surface area contributed by atoms with Crippen molar-refractivity contribution in [2.45, 2.75) is 26.7 Å². The summed E-state index contributed by atoms with van der Waals surface area (Å²) >= 11 is 0. The van der Waals surface area contributed by atoms with E-state index in [-0.39, 0.29) is 0 Å². The minimum absolute atomic E-state index is 0.464. The molecule has 5 heteroatoms. The van der Waals surface area contributed by atoms with Crippen LogP contribution in [0.2, 0.25) is 0 Å². The molecule has 0 atom stereocenters. The van der Waals surface area contributed by atoms with Gasteiger partial charge in [-0.3, -0.25) is 0 Å². The number of hydrogen-bond acceptors (Lipinski definition) is 5. The third kappa shape index (κ3) is 4.89. The van der Waals surface area contributed by atoms with Gasteiger partial charge in [-0.15, -0.1) is 0 Å². The molecule has 0 saturated carbocycles. The summed E-state index contributed by atoms with van der Waals surface area (Å²) in [6, 6.07) is 12.9. The van der Waals surface area contributed by atoms with Crippen molar-refractivity contribution in [3.63, 3.8) is 0 Å². The van der Waals surface area contributed by atoms with E-state index in [1.807, 2.05) is 49.4 Å². The van der Waals surface area contributed by atoms with Crippen molar-refractivity contribution in [1.29, 1.82) is 0 Å². The van der Waals surface area contributed by atoms with E-state index in [0.717, 1.165) is 29.7 Å². The highest BCUT2D eigenvalue weighted by Gasteiger charge is 2.13. The van der Waals surface area contributed by atoms with E-state index in [1.165, 1.54) is 0 Å². The molecule has 25 heavy (non-hydrogen) atoms. The quantitative estimate of drug-likeness (QED) is 0.414. The van der Waals surface area contributed by atoms with Gasteiger partial charge in [-0.2, -0.15) is 0 Å². The van der Waals surface area contributed by atoms with Crippen LogP contribution >= 0.6 is 0 Å². The fourth-order valence-corrected chi connectivity index (χ4v) is 2.34. The maximum Gasteiger partial charge on any atom is 0.161 e. The molecule has 1 N–H and O–H groups in total. The molecule has 2 rings (SSSR count). The number of hydrogen-bond donors (Lipinski definition) is 1. The van der Waals surface area contributed by atoms with Crippen LogP contribution in [-0.4, -0.2) is 31.2 Å². The molecule has 0 aromatic heterocycles. The Balaban J connectivity index is 2.34. The van der Waals surface area contributed by atoms with Crippen molar-refractivity contribution < 1.29 is 19.4 Å². The van der Waals surface area contributed by atoms with Crippen molar-refractivity contribution >= 4 is 5.71 Å². The lowest BCUT2D eigenvalue weighted by Gasteiger charge is -2.14. The number of oxime groups is 1. The van der Waals surface area contributed by atoms with Crippen LogP contribution in [0.15, 0.2) is 47.6 Å². The minimum Gasteiger partial charge on any atom is -0.497 e. The fourth-order valence-electron chi connectivity index (χ4n) is 2.34. The third-order valence-corrected chi connectivity index (χ3v) is 3.60. The molecule has 0 unspecified atom stereocenters. The lowest BCUT2D eigenvalue weighted by atomic mass is 10.0.